The second kappa shape index (κ2) is 8.74. The molecule has 2 aromatic rings. The number of hydrogen-bond donors (Lipinski definition) is 2. The Balaban J connectivity index is 0.00000261. The van der Waals surface area contributed by atoms with E-state index < -0.39 is 16.3 Å². The van der Waals surface area contributed by atoms with Crippen LogP contribution < -0.4 is 16.1 Å². The van der Waals surface area contributed by atoms with Crippen LogP contribution in [0.3, 0.4) is 0 Å². The summed E-state index contributed by atoms with van der Waals surface area (Å²) in [6, 6.07) is 7.30. The highest BCUT2D eigenvalue weighted by Crippen LogP contribution is 2.22. The van der Waals surface area contributed by atoms with Gasteiger partial charge in [-0.15, -0.1) is 12.4 Å². The van der Waals surface area contributed by atoms with Crippen molar-refractivity contribution in [2.24, 2.45) is 0 Å². The van der Waals surface area contributed by atoms with Crippen molar-refractivity contribution in [3.8, 4) is 5.69 Å². The van der Waals surface area contributed by atoms with Crippen LogP contribution in [0.5, 0.6) is 0 Å². The average Bonchev–Trinajstić information content (AvgIpc) is 2.62. The normalized spacial score (nSPS) is 14.3. The molecule has 0 unspecified atom stereocenters. The molecule has 2 heterocycles. The van der Waals surface area contributed by atoms with E-state index in [1.54, 1.807) is 19.1 Å². The minimum absolute atomic E-state index is 0. The summed E-state index contributed by atoms with van der Waals surface area (Å²) in [7, 11) is 0. The van der Waals surface area contributed by atoms with Gasteiger partial charge in [0.05, 0.1) is 4.92 Å². The molecule has 1 aliphatic rings. The van der Waals surface area contributed by atoms with Crippen LogP contribution in [0.15, 0.2) is 35.1 Å². The van der Waals surface area contributed by atoms with Gasteiger partial charge in [0.1, 0.15) is 5.69 Å². The number of carbonyl (C=O) groups excluding carboxylic acids is 1. The number of carbonyl (C=O) groups is 1. The van der Waals surface area contributed by atoms with Crippen molar-refractivity contribution >= 4 is 24.0 Å². The van der Waals surface area contributed by atoms with Crippen LogP contribution in [0.1, 0.15) is 29.0 Å². The third kappa shape index (κ3) is 4.50. The number of benzene rings is 1. The number of nitrogens with one attached hydrogen (secondary N) is 2. The summed E-state index contributed by atoms with van der Waals surface area (Å²) in [5.41, 5.74) is -0.332. The standard InChI is InChI=1S/C17H19N5O4.ClH/c1-11-10-15(23)16(17(24)19-12-6-8-18-9-7-12)20-21(11)13-4-2-3-5-14(13)22(25)26;/h2-5,10,12,18H,6-9H2,1H3,(H,19,24);1H. The summed E-state index contributed by atoms with van der Waals surface area (Å²) in [6.07, 6.45) is 1.55. The first kappa shape index (κ1) is 20.5. The Morgan fingerprint density at radius 1 is 1.33 bits per heavy atom. The fraction of sp³-hybridized carbons (Fsp3) is 0.353. The lowest BCUT2D eigenvalue weighted by Crippen LogP contribution is -2.44. The Morgan fingerprint density at radius 3 is 2.67 bits per heavy atom. The number of aromatic nitrogens is 2. The first-order valence-electron chi connectivity index (χ1n) is 8.33. The summed E-state index contributed by atoms with van der Waals surface area (Å²) < 4.78 is 1.26. The van der Waals surface area contributed by atoms with Gasteiger partial charge in [-0.3, -0.25) is 19.7 Å². The van der Waals surface area contributed by atoms with Gasteiger partial charge in [0.2, 0.25) is 5.43 Å². The van der Waals surface area contributed by atoms with Crippen molar-refractivity contribution in [3.63, 3.8) is 0 Å². The Morgan fingerprint density at radius 2 is 2.00 bits per heavy atom. The number of nitrogens with zero attached hydrogens (tertiary/aromatic N) is 3. The van der Waals surface area contributed by atoms with Crippen LogP contribution in [0.25, 0.3) is 5.69 Å². The van der Waals surface area contributed by atoms with E-state index in [9.17, 15) is 19.7 Å². The topological polar surface area (TPSA) is 119 Å². The molecule has 10 heteroatoms. The Labute approximate surface area is 161 Å². The van der Waals surface area contributed by atoms with Crippen LogP contribution in [0.2, 0.25) is 0 Å². The van der Waals surface area contributed by atoms with Crippen LogP contribution in [-0.2, 0) is 0 Å². The van der Waals surface area contributed by atoms with Gasteiger partial charge in [0.15, 0.2) is 5.69 Å². The lowest BCUT2D eigenvalue weighted by Gasteiger charge is -2.23. The van der Waals surface area contributed by atoms with Gasteiger partial charge in [-0.25, -0.2) is 4.68 Å². The summed E-state index contributed by atoms with van der Waals surface area (Å²) in [4.78, 5) is 35.5. The van der Waals surface area contributed by atoms with Crippen molar-refractivity contribution in [1.82, 2.24) is 20.4 Å². The lowest BCUT2D eigenvalue weighted by molar-refractivity contribution is -0.384. The fourth-order valence-corrected chi connectivity index (χ4v) is 2.97. The van der Waals surface area contributed by atoms with E-state index in [2.05, 4.69) is 15.7 Å². The fourth-order valence-electron chi connectivity index (χ4n) is 2.97. The molecule has 2 N–H and O–H groups in total. The van der Waals surface area contributed by atoms with Gasteiger partial charge in [-0.1, -0.05) is 12.1 Å². The Kier molecular flexibility index (Phi) is 6.65. The summed E-state index contributed by atoms with van der Waals surface area (Å²) in [5.74, 6) is -0.561. The van der Waals surface area contributed by atoms with Gasteiger partial charge >= 0.3 is 0 Å². The quantitative estimate of drug-likeness (QED) is 0.597. The number of aryl methyl sites for hydroxylation is 1. The first-order chi connectivity index (χ1) is 12.5. The Bertz CT molecular complexity index is 908. The molecule has 144 valence electrons. The predicted octanol–water partition coefficient (Wildman–Crippen LogP) is 1.35. The lowest BCUT2D eigenvalue weighted by atomic mass is 10.1. The molecule has 1 fully saturated rings. The number of amides is 1. The zero-order chi connectivity index (χ0) is 18.7. The molecule has 0 bridgehead atoms. The van der Waals surface area contributed by atoms with E-state index >= 15 is 0 Å². The summed E-state index contributed by atoms with van der Waals surface area (Å²) in [6.45, 7) is 3.21. The maximum atomic E-state index is 12.5. The molecule has 0 aliphatic carbocycles. The SMILES string of the molecule is Cc1cc(=O)c(C(=O)NC2CCNCC2)nn1-c1ccccc1[N+](=O)[O-].Cl. The van der Waals surface area contributed by atoms with Crippen LogP contribution >= 0.6 is 12.4 Å². The zero-order valence-electron chi connectivity index (χ0n) is 14.7. The molecule has 3 rings (SSSR count). The molecule has 0 atom stereocenters. The van der Waals surface area contributed by atoms with Crippen molar-refractivity contribution in [3.05, 3.63) is 62.1 Å². The monoisotopic (exact) mass is 393 g/mol. The smallest absolute Gasteiger partial charge is 0.294 e. The summed E-state index contributed by atoms with van der Waals surface area (Å²) >= 11 is 0. The number of rotatable bonds is 4. The van der Waals surface area contributed by atoms with E-state index in [1.165, 1.54) is 22.9 Å². The van der Waals surface area contributed by atoms with Gasteiger partial charge in [-0.05, 0) is 38.9 Å². The molecular weight excluding hydrogens is 374 g/mol. The number of halogens is 1. The number of nitro benzene ring substituents is 1. The maximum absolute atomic E-state index is 12.5. The molecule has 1 aromatic carbocycles. The third-order valence-electron chi connectivity index (χ3n) is 4.30. The first-order valence-corrected chi connectivity index (χ1v) is 8.33. The number of hydrogen-bond acceptors (Lipinski definition) is 6. The largest absolute Gasteiger partial charge is 0.348 e. The van der Waals surface area contributed by atoms with E-state index in [0.29, 0.717) is 5.69 Å². The molecule has 0 saturated carbocycles. The van der Waals surface area contributed by atoms with Crippen molar-refractivity contribution in [2.45, 2.75) is 25.8 Å². The summed E-state index contributed by atoms with van der Waals surface area (Å²) in [5, 5.41) is 21.4. The molecule has 1 saturated heterocycles. The van der Waals surface area contributed by atoms with Crippen LogP contribution in [0, 0.1) is 17.0 Å². The van der Waals surface area contributed by atoms with Gasteiger partial charge in [-0.2, -0.15) is 5.10 Å². The second-order valence-electron chi connectivity index (χ2n) is 6.15. The van der Waals surface area contributed by atoms with E-state index in [1.807, 2.05) is 0 Å². The van der Waals surface area contributed by atoms with Crippen molar-refractivity contribution < 1.29 is 9.72 Å². The Hall–Kier alpha value is -2.78. The molecule has 9 nitrogen and oxygen atoms in total. The van der Waals surface area contributed by atoms with Gasteiger partial charge in [0, 0.05) is 23.9 Å². The minimum atomic E-state index is -0.561. The maximum Gasteiger partial charge on any atom is 0.294 e. The number of para-hydroxylation sites is 2. The molecule has 27 heavy (non-hydrogen) atoms. The van der Waals surface area contributed by atoms with Crippen LogP contribution in [-0.4, -0.2) is 39.7 Å². The highest BCUT2D eigenvalue weighted by atomic mass is 35.5. The predicted molar refractivity (Wildman–Crippen MR) is 102 cm³/mol. The van der Waals surface area contributed by atoms with Gasteiger partial charge in [0.25, 0.3) is 11.6 Å². The molecule has 0 spiro atoms. The van der Waals surface area contributed by atoms with E-state index in [4.69, 9.17) is 0 Å². The second-order valence-corrected chi connectivity index (χ2v) is 6.15. The molecular formula is C17H20ClN5O4. The van der Waals surface area contributed by atoms with E-state index in [-0.39, 0.29) is 35.5 Å². The zero-order valence-corrected chi connectivity index (χ0v) is 15.5. The van der Waals surface area contributed by atoms with Crippen molar-refractivity contribution in [2.75, 3.05) is 13.1 Å². The third-order valence-corrected chi connectivity index (χ3v) is 4.30. The molecule has 1 aromatic heterocycles. The number of piperidine rings is 1. The van der Waals surface area contributed by atoms with Crippen LogP contribution in [0.4, 0.5) is 5.69 Å². The average molecular weight is 394 g/mol. The van der Waals surface area contributed by atoms with E-state index in [0.717, 1.165) is 25.9 Å². The van der Waals surface area contributed by atoms with Crippen molar-refractivity contribution in [1.29, 1.82) is 0 Å². The molecule has 1 aliphatic heterocycles. The molecule has 1 amide bonds. The highest BCUT2D eigenvalue weighted by molar-refractivity contribution is 5.92. The highest BCUT2D eigenvalue weighted by Gasteiger charge is 2.22. The minimum Gasteiger partial charge on any atom is -0.348 e. The molecule has 0 radical (unpaired) electrons. The number of nitro groups is 1. The van der Waals surface area contributed by atoms with Gasteiger partial charge < -0.3 is 10.6 Å².